The zero-order valence-electron chi connectivity index (χ0n) is 27.0. The van der Waals surface area contributed by atoms with E-state index >= 15 is 4.39 Å². The van der Waals surface area contributed by atoms with Crippen molar-refractivity contribution < 1.29 is 36.6 Å². The number of morpholine rings is 1. The molecule has 1 aliphatic heterocycles. The topological polar surface area (TPSA) is 138 Å². The van der Waals surface area contributed by atoms with Crippen molar-refractivity contribution in [3.05, 3.63) is 104 Å². The van der Waals surface area contributed by atoms with E-state index in [0.717, 1.165) is 22.6 Å². The van der Waals surface area contributed by atoms with Gasteiger partial charge in [-0.05, 0) is 54.4 Å². The highest BCUT2D eigenvalue weighted by Gasteiger charge is 2.45. The summed E-state index contributed by atoms with van der Waals surface area (Å²) < 4.78 is 68.7. The number of amides is 1. The van der Waals surface area contributed by atoms with Gasteiger partial charge in [-0.25, -0.2) is 23.5 Å². The lowest BCUT2D eigenvalue weighted by Gasteiger charge is -2.38. The zero-order chi connectivity index (χ0) is 35.9. The number of carbonyl (C=O) groups is 2. The smallest absolute Gasteiger partial charge is 0.411 e. The number of hydrogen-bond acceptors (Lipinski definition) is 9. The Kier molecular flexibility index (Phi) is 9.14. The van der Waals surface area contributed by atoms with Crippen molar-refractivity contribution in [2.24, 2.45) is 7.05 Å². The van der Waals surface area contributed by atoms with Gasteiger partial charge >= 0.3 is 17.8 Å². The van der Waals surface area contributed by atoms with Gasteiger partial charge in [0.1, 0.15) is 17.9 Å². The number of methoxy groups -OCH3 is 1. The van der Waals surface area contributed by atoms with Gasteiger partial charge in [0.15, 0.2) is 5.52 Å². The molecule has 1 aliphatic rings. The summed E-state index contributed by atoms with van der Waals surface area (Å²) >= 11 is 0. The largest absolute Gasteiger partial charge is 0.467 e. The molecule has 5 aromatic rings. The van der Waals surface area contributed by atoms with Crippen molar-refractivity contribution in [1.82, 2.24) is 24.4 Å². The molecule has 12 nitrogen and oxygen atoms in total. The average molecular weight is 695 g/mol. The number of ether oxygens (including phenoxy) is 2. The molecule has 1 saturated heterocycles. The number of esters is 1. The van der Waals surface area contributed by atoms with Gasteiger partial charge in [-0.2, -0.15) is 13.2 Å². The van der Waals surface area contributed by atoms with Crippen molar-refractivity contribution in [2.45, 2.75) is 31.6 Å². The maximum atomic E-state index is 15.5. The highest BCUT2D eigenvalue weighted by atomic mass is 19.4. The Hall–Kier alpha value is -5.64. The van der Waals surface area contributed by atoms with Crippen LogP contribution in [0, 0.1) is 12.7 Å². The monoisotopic (exact) mass is 694 g/mol. The van der Waals surface area contributed by atoms with Crippen LogP contribution in [0.3, 0.4) is 0 Å². The predicted octanol–water partition coefficient (Wildman–Crippen LogP) is 3.36. The summed E-state index contributed by atoms with van der Waals surface area (Å²) in [4.78, 5) is 62.9. The maximum absolute atomic E-state index is 15.5. The summed E-state index contributed by atoms with van der Waals surface area (Å²) in [6, 6.07) is 8.33. The van der Waals surface area contributed by atoms with Gasteiger partial charge in [-0.3, -0.25) is 19.1 Å². The van der Waals surface area contributed by atoms with Crippen molar-refractivity contribution in [3.8, 4) is 5.69 Å². The Balaban J connectivity index is 1.34. The second kappa shape index (κ2) is 13.3. The number of halogens is 4. The molecule has 0 aliphatic carbocycles. The van der Waals surface area contributed by atoms with E-state index in [9.17, 15) is 32.3 Å². The van der Waals surface area contributed by atoms with Gasteiger partial charge in [0.2, 0.25) is 0 Å². The van der Waals surface area contributed by atoms with E-state index in [1.807, 2.05) is 0 Å². The number of aryl methyl sites for hydroxylation is 2. The van der Waals surface area contributed by atoms with Crippen LogP contribution in [-0.2, 0) is 27.7 Å². The van der Waals surface area contributed by atoms with E-state index in [0.29, 0.717) is 16.5 Å². The second-order valence-electron chi connectivity index (χ2n) is 11.7. The minimum Gasteiger partial charge on any atom is -0.467 e. The van der Waals surface area contributed by atoms with Crippen LogP contribution < -0.4 is 21.5 Å². The molecule has 3 aromatic heterocycles. The summed E-state index contributed by atoms with van der Waals surface area (Å²) in [6.45, 7) is 0.630. The van der Waals surface area contributed by atoms with E-state index in [2.05, 4.69) is 15.3 Å². The van der Waals surface area contributed by atoms with Crippen LogP contribution in [0.4, 0.5) is 23.2 Å². The summed E-state index contributed by atoms with van der Waals surface area (Å²) in [5.74, 6) is -2.93. The van der Waals surface area contributed by atoms with Crippen LogP contribution in [-0.4, -0.2) is 76.1 Å². The minimum absolute atomic E-state index is 0.00827. The Morgan fingerprint density at radius 1 is 1.08 bits per heavy atom. The van der Waals surface area contributed by atoms with E-state index in [4.69, 9.17) is 9.47 Å². The molecule has 1 N–H and O–H groups in total. The molecular formula is C34H30F4N6O6. The molecule has 0 bridgehead atoms. The van der Waals surface area contributed by atoms with E-state index < -0.39 is 59.4 Å². The lowest BCUT2D eigenvalue weighted by Crippen LogP contribution is -2.53. The van der Waals surface area contributed by atoms with Crippen molar-refractivity contribution in [1.29, 1.82) is 0 Å². The first-order valence-electron chi connectivity index (χ1n) is 15.4. The summed E-state index contributed by atoms with van der Waals surface area (Å²) in [6.07, 6.45) is -1.90. The minimum atomic E-state index is -4.63. The third-order valence-electron chi connectivity index (χ3n) is 8.66. The fourth-order valence-electron chi connectivity index (χ4n) is 6.21. The molecule has 1 fully saturated rings. The Morgan fingerprint density at radius 2 is 1.80 bits per heavy atom. The van der Waals surface area contributed by atoms with Crippen LogP contribution in [0.15, 0.2) is 70.5 Å². The highest BCUT2D eigenvalue weighted by molar-refractivity contribution is 5.99. The van der Waals surface area contributed by atoms with Crippen LogP contribution >= 0.6 is 0 Å². The molecule has 1 amide bonds. The number of carbonyl (C=O) groups excluding carboxylic acids is 2. The van der Waals surface area contributed by atoms with Crippen molar-refractivity contribution in [2.75, 3.05) is 31.8 Å². The summed E-state index contributed by atoms with van der Waals surface area (Å²) in [5.41, 5.74) is -0.495. The molecule has 0 radical (unpaired) electrons. The van der Waals surface area contributed by atoms with Gasteiger partial charge < -0.3 is 19.7 Å². The van der Waals surface area contributed by atoms with Crippen LogP contribution in [0.2, 0.25) is 0 Å². The number of rotatable bonds is 7. The quantitative estimate of drug-likeness (QED) is 0.201. The molecule has 16 heteroatoms. The molecular weight excluding hydrogens is 664 g/mol. The molecule has 2 atom stereocenters. The van der Waals surface area contributed by atoms with Crippen LogP contribution in [0.1, 0.15) is 21.5 Å². The number of hydrogen-bond donors (Lipinski definition) is 1. The molecule has 0 unspecified atom stereocenters. The van der Waals surface area contributed by atoms with Gasteiger partial charge in [0.05, 0.1) is 42.6 Å². The van der Waals surface area contributed by atoms with Crippen LogP contribution in [0.5, 0.6) is 0 Å². The molecule has 6 rings (SSSR count). The first kappa shape index (κ1) is 34.2. The first-order chi connectivity index (χ1) is 23.8. The summed E-state index contributed by atoms with van der Waals surface area (Å²) in [7, 11) is 2.62. The van der Waals surface area contributed by atoms with E-state index in [1.165, 1.54) is 43.1 Å². The molecule has 260 valence electrons. The second-order valence-corrected chi connectivity index (χ2v) is 11.7. The molecule has 0 saturated carbocycles. The fraction of sp³-hybridized carbons (Fsp3) is 0.294. The van der Waals surface area contributed by atoms with Gasteiger partial charge in [-0.15, -0.1) is 0 Å². The van der Waals surface area contributed by atoms with Gasteiger partial charge in [0.25, 0.3) is 11.5 Å². The molecule has 0 spiro atoms. The third-order valence-corrected chi connectivity index (χ3v) is 8.66. The standard InChI is InChI=1S/C34H30F4N6O6/c1-18-14-20(43-12-13-50-17-26(43)34(36,37)38)16-22(35)27(18)30(45)41-23(32(47)49-3)15-19-8-9-25(28-21(19)6-4-10-39-28)44-31(46)29-24(7-5-11-40-29)42(2)33(44)48/h4-11,14,16,23,26H,12-13,15,17H2,1-3H3,(H,41,45)/t23-,26+/m0/s1. The number of anilines is 1. The predicted molar refractivity (Wildman–Crippen MR) is 174 cm³/mol. The molecule has 50 heavy (non-hydrogen) atoms. The average Bonchev–Trinajstić information content (AvgIpc) is 3.10. The number of pyridine rings is 2. The summed E-state index contributed by atoms with van der Waals surface area (Å²) in [5, 5.41) is 2.94. The van der Waals surface area contributed by atoms with E-state index in [1.54, 1.807) is 30.3 Å². The van der Waals surface area contributed by atoms with Gasteiger partial charge in [-0.1, -0.05) is 12.1 Å². The zero-order valence-corrected chi connectivity index (χ0v) is 27.0. The van der Waals surface area contributed by atoms with Crippen LogP contribution in [0.25, 0.3) is 27.6 Å². The first-order valence-corrected chi connectivity index (χ1v) is 15.4. The number of benzene rings is 2. The lowest BCUT2D eigenvalue weighted by atomic mass is 9.99. The van der Waals surface area contributed by atoms with Gasteiger partial charge in [0, 0.05) is 43.5 Å². The number of nitrogens with zero attached hydrogens (tertiary/aromatic N) is 5. The number of alkyl halides is 3. The Bertz CT molecular complexity index is 2250. The third kappa shape index (κ3) is 6.17. The highest BCUT2D eigenvalue weighted by Crippen LogP contribution is 2.33. The van der Waals surface area contributed by atoms with Crippen molar-refractivity contribution in [3.63, 3.8) is 0 Å². The van der Waals surface area contributed by atoms with E-state index in [-0.39, 0.29) is 47.5 Å². The lowest BCUT2D eigenvalue weighted by molar-refractivity contribution is -0.167. The SMILES string of the molecule is COC(=O)[C@H](Cc1ccc(-n2c(=O)c3ncccc3n(C)c2=O)c2ncccc12)NC(=O)c1c(C)cc(N2CCOC[C@@H]2C(F)(F)F)cc1F. The molecule has 2 aromatic carbocycles. The number of fused-ring (bicyclic) bond motifs is 2. The Morgan fingerprint density at radius 3 is 2.50 bits per heavy atom. The van der Waals surface area contributed by atoms with Crippen molar-refractivity contribution >= 4 is 39.5 Å². The normalized spacial score (nSPS) is 15.7. The fourth-order valence-corrected chi connectivity index (χ4v) is 6.21. The molecule has 4 heterocycles. The number of nitrogens with one attached hydrogen (secondary N) is 1. The number of aromatic nitrogens is 4. The Labute approximate surface area is 280 Å². The maximum Gasteiger partial charge on any atom is 0.411 e.